The first kappa shape index (κ1) is 18.8. The quantitative estimate of drug-likeness (QED) is 0.617. The van der Waals surface area contributed by atoms with Crippen molar-refractivity contribution in [2.45, 2.75) is 40.3 Å². The van der Waals surface area contributed by atoms with Crippen molar-refractivity contribution in [2.75, 3.05) is 11.9 Å². The molecule has 0 spiro atoms. The fourth-order valence-corrected chi connectivity index (χ4v) is 2.84. The molecule has 1 atom stereocenters. The molecule has 0 aliphatic rings. The van der Waals surface area contributed by atoms with Crippen LogP contribution in [0.2, 0.25) is 0 Å². The number of benzene rings is 1. The third-order valence-corrected chi connectivity index (χ3v) is 4.57. The molecular formula is C20H24N6O. The molecule has 0 bridgehead atoms. The summed E-state index contributed by atoms with van der Waals surface area (Å²) in [7, 11) is 0. The minimum atomic E-state index is 0.0202. The van der Waals surface area contributed by atoms with E-state index in [1.807, 2.05) is 38.2 Å². The lowest BCUT2D eigenvalue weighted by Gasteiger charge is -2.14. The van der Waals surface area contributed by atoms with Crippen LogP contribution in [0.3, 0.4) is 0 Å². The van der Waals surface area contributed by atoms with Gasteiger partial charge in [0.1, 0.15) is 11.3 Å². The SMILES string of the molecule is Cc1nc(Nc2cccc(C)c2C)c2ncc(CNC(C)CN=O)cc2n1. The number of pyridine rings is 1. The van der Waals surface area contributed by atoms with E-state index in [9.17, 15) is 4.91 Å². The molecule has 3 aromatic rings. The maximum Gasteiger partial charge on any atom is 0.160 e. The summed E-state index contributed by atoms with van der Waals surface area (Å²) in [6.07, 6.45) is 1.81. The zero-order valence-corrected chi connectivity index (χ0v) is 16.1. The molecule has 1 unspecified atom stereocenters. The summed E-state index contributed by atoms with van der Waals surface area (Å²) in [6.45, 7) is 8.81. The monoisotopic (exact) mass is 364 g/mol. The second-order valence-corrected chi connectivity index (χ2v) is 6.80. The highest BCUT2D eigenvalue weighted by atomic mass is 16.3. The molecule has 0 radical (unpaired) electrons. The summed E-state index contributed by atoms with van der Waals surface area (Å²) < 4.78 is 0. The first-order chi connectivity index (χ1) is 13.0. The number of hydrogen-bond acceptors (Lipinski definition) is 7. The van der Waals surface area contributed by atoms with Crippen LogP contribution in [-0.2, 0) is 6.54 Å². The number of nitrogens with zero attached hydrogens (tertiary/aromatic N) is 4. The molecule has 27 heavy (non-hydrogen) atoms. The van der Waals surface area contributed by atoms with Gasteiger partial charge < -0.3 is 10.6 Å². The van der Waals surface area contributed by atoms with Crippen LogP contribution >= 0.6 is 0 Å². The van der Waals surface area contributed by atoms with Crippen molar-refractivity contribution < 1.29 is 0 Å². The molecule has 0 saturated carbocycles. The average Bonchev–Trinajstić information content (AvgIpc) is 2.63. The van der Waals surface area contributed by atoms with E-state index in [4.69, 9.17) is 0 Å². The van der Waals surface area contributed by atoms with E-state index < -0.39 is 0 Å². The summed E-state index contributed by atoms with van der Waals surface area (Å²) in [5.41, 5.74) is 5.92. The van der Waals surface area contributed by atoms with Gasteiger partial charge >= 0.3 is 0 Å². The Kier molecular flexibility index (Phi) is 5.71. The molecule has 2 aromatic heterocycles. The smallest absolute Gasteiger partial charge is 0.160 e. The second-order valence-electron chi connectivity index (χ2n) is 6.80. The third-order valence-electron chi connectivity index (χ3n) is 4.57. The van der Waals surface area contributed by atoms with Crippen molar-refractivity contribution >= 4 is 22.5 Å². The molecule has 0 fully saturated rings. The van der Waals surface area contributed by atoms with Gasteiger partial charge in [-0.2, -0.15) is 4.91 Å². The molecule has 1 aromatic carbocycles. The third kappa shape index (κ3) is 4.43. The Labute approximate surface area is 158 Å². The molecule has 7 nitrogen and oxygen atoms in total. The molecule has 140 valence electrons. The second kappa shape index (κ2) is 8.18. The van der Waals surface area contributed by atoms with Crippen LogP contribution < -0.4 is 10.6 Å². The minimum Gasteiger partial charge on any atom is -0.338 e. The van der Waals surface area contributed by atoms with Gasteiger partial charge in [-0.1, -0.05) is 17.3 Å². The lowest BCUT2D eigenvalue weighted by atomic mass is 10.1. The van der Waals surface area contributed by atoms with Gasteiger partial charge in [0, 0.05) is 24.5 Å². The summed E-state index contributed by atoms with van der Waals surface area (Å²) in [4.78, 5) is 24.0. The molecule has 0 aliphatic heterocycles. The van der Waals surface area contributed by atoms with Gasteiger partial charge in [0.15, 0.2) is 5.82 Å². The number of anilines is 2. The Hall–Kier alpha value is -2.93. The number of rotatable bonds is 7. The van der Waals surface area contributed by atoms with Gasteiger partial charge in [-0.15, -0.1) is 0 Å². The zero-order chi connectivity index (χ0) is 19.4. The highest BCUT2D eigenvalue weighted by molar-refractivity contribution is 5.87. The van der Waals surface area contributed by atoms with Crippen molar-refractivity contribution in [1.29, 1.82) is 0 Å². The van der Waals surface area contributed by atoms with Gasteiger partial charge in [0.25, 0.3) is 0 Å². The van der Waals surface area contributed by atoms with Crippen molar-refractivity contribution in [3.05, 3.63) is 57.9 Å². The van der Waals surface area contributed by atoms with Crippen molar-refractivity contribution in [2.24, 2.45) is 5.18 Å². The van der Waals surface area contributed by atoms with Gasteiger partial charge in [-0.05, 0) is 56.5 Å². The molecule has 3 rings (SSSR count). The Bertz CT molecular complexity index is 972. The Balaban J connectivity index is 1.90. The van der Waals surface area contributed by atoms with E-state index >= 15 is 0 Å². The van der Waals surface area contributed by atoms with Gasteiger partial charge in [0.05, 0.1) is 12.1 Å². The van der Waals surface area contributed by atoms with Crippen molar-refractivity contribution in [1.82, 2.24) is 20.3 Å². The van der Waals surface area contributed by atoms with E-state index in [-0.39, 0.29) is 12.6 Å². The highest BCUT2D eigenvalue weighted by Crippen LogP contribution is 2.26. The first-order valence-corrected chi connectivity index (χ1v) is 8.97. The zero-order valence-electron chi connectivity index (χ0n) is 16.1. The predicted octanol–water partition coefficient (Wildman–Crippen LogP) is 3.94. The number of hydrogen-bond donors (Lipinski definition) is 2. The van der Waals surface area contributed by atoms with Crippen molar-refractivity contribution in [3.8, 4) is 0 Å². The highest BCUT2D eigenvalue weighted by Gasteiger charge is 2.11. The lowest BCUT2D eigenvalue weighted by Crippen LogP contribution is -2.27. The van der Waals surface area contributed by atoms with Crippen LogP contribution in [-0.4, -0.2) is 27.5 Å². The van der Waals surface area contributed by atoms with Gasteiger partial charge in [0.2, 0.25) is 0 Å². The molecule has 0 saturated heterocycles. The predicted molar refractivity (Wildman–Crippen MR) is 108 cm³/mol. The summed E-state index contributed by atoms with van der Waals surface area (Å²) >= 11 is 0. The molecular weight excluding hydrogens is 340 g/mol. The summed E-state index contributed by atoms with van der Waals surface area (Å²) in [5.74, 6) is 1.38. The van der Waals surface area contributed by atoms with E-state index in [2.05, 4.69) is 50.7 Å². The molecule has 2 heterocycles. The van der Waals surface area contributed by atoms with Crippen molar-refractivity contribution in [3.63, 3.8) is 0 Å². The fourth-order valence-electron chi connectivity index (χ4n) is 2.84. The average molecular weight is 364 g/mol. The number of nitrogens with one attached hydrogen (secondary N) is 2. The number of nitroso groups, excluding NO2 is 1. The number of aryl methyl sites for hydroxylation is 2. The van der Waals surface area contributed by atoms with Gasteiger partial charge in [-0.3, -0.25) is 4.98 Å². The van der Waals surface area contributed by atoms with Crippen LogP contribution in [0.5, 0.6) is 0 Å². The van der Waals surface area contributed by atoms with Crippen LogP contribution in [0.25, 0.3) is 11.0 Å². The van der Waals surface area contributed by atoms with E-state index in [1.165, 1.54) is 11.1 Å². The van der Waals surface area contributed by atoms with Crippen LogP contribution in [0.1, 0.15) is 29.4 Å². The van der Waals surface area contributed by atoms with E-state index in [1.54, 1.807) is 0 Å². The molecule has 0 aliphatic carbocycles. The van der Waals surface area contributed by atoms with Crippen LogP contribution in [0, 0.1) is 25.7 Å². The minimum absolute atomic E-state index is 0.0202. The molecule has 2 N–H and O–H groups in total. The lowest BCUT2D eigenvalue weighted by molar-refractivity contribution is 0.555. The normalized spacial score (nSPS) is 12.1. The fraction of sp³-hybridized carbons (Fsp3) is 0.350. The Morgan fingerprint density at radius 1 is 1.19 bits per heavy atom. The van der Waals surface area contributed by atoms with Crippen LogP contribution in [0.4, 0.5) is 11.5 Å². The number of aromatic nitrogens is 3. The van der Waals surface area contributed by atoms with Gasteiger partial charge in [-0.25, -0.2) is 9.97 Å². The Morgan fingerprint density at radius 2 is 2.00 bits per heavy atom. The van der Waals surface area contributed by atoms with Crippen LogP contribution in [0.15, 0.2) is 35.6 Å². The first-order valence-electron chi connectivity index (χ1n) is 8.97. The maximum absolute atomic E-state index is 10.3. The summed E-state index contributed by atoms with van der Waals surface area (Å²) in [6, 6.07) is 8.16. The Morgan fingerprint density at radius 3 is 2.78 bits per heavy atom. The summed E-state index contributed by atoms with van der Waals surface area (Å²) in [5, 5.41) is 9.58. The van der Waals surface area contributed by atoms with E-state index in [0.29, 0.717) is 18.2 Å². The topological polar surface area (TPSA) is 92.2 Å². The largest absolute Gasteiger partial charge is 0.338 e. The molecule has 0 amide bonds. The van der Waals surface area contributed by atoms with E-state index in [0.717, 1.165) is 22.3 Å². The molecule has 7 heteroatoms. The maximum atomic E-state index is 10.3. The number of fused-ring (bicyclic) bond motifs is 1. The standard InChI is InChI=1S/C20H24N6O/c1-12-6-5-7-17(14(12)3)26-20-19-18(24-15(4)25-20)8-16(11-22-19)10-21-13(2)9-23-27/h5-8,11,13,21H,9-10H2,1-4H3,(H,24,25,26).